The normalized spacial score (nSPS) is 11.4. The van der Waals surface area contributed by atoms with E-state index in [-0.39, 0.29) is 0 Å². The van der Waals surface area contributed by atoms with E-state index in [9.17, 15) is 9.59 Å². The number of esters is 1. The average molecular weight is 299 g/mol. The molecule has 0 bridgehead atoms. The van der Waals surface area contributed by atoms with E-state index in [1.54, 1.807) is 55.6 Å². The molecule has 0 saturated carbocycles. The van der Waals surface area contributed by atoms with Gasteiger partial charge in [0.25, 0.3) is 5.91 Å². The maximum Gasteiger partial charge on any atom is 0.303 e. The molecule has 0 saturated heterocycles. The first-order valence-electron chi connectivity index (χ1n) is 6.77. The minimum absolute atomic E-state index is 0.411. The predicted octanol–water partition coefficient (Wildman–Crippen LogP) is 2.94. The molecule has 0 radical (unpaired) electrons. The molecule has 114 valence electrons. The number of amides is 1. The first-order valence-corrected chi connectivity index (χ1v) is 6.77. The average Bonchev–Trinajstić information content (AvgIpc) is 2.54. The maximum absolute atomic E-state index is 12.4. The van der Waals surface area contributed by atoms with Gasteiger partial charge in [-0.2, -0.15) is 0 Å². The topological polar surface area (TPSA) is 64.6 Å². The molecule has 0 spiro atoms. The summed E-state index contributed by atoms with van der Waals surface area (Å²) in [7, 11) is 1.57. The van der Waals surface area contributed by atoms with Gasteiger partial charge in [0.2, 0.25) is 6.10 Å². The van der Waals surface area contributed by atoms with Gasteiger partial charge in [-0.3, -0.25) is 9.59 Å². The number of hydrogen-bond donors (Lipinski definition) is 1. The Bertz CT molecular complexity index is 637. The molecule has 0 fully saturated rings. The van der Waals surface area contributed by atoms with Crippen LogP contribution in [0.3, 0.4) is 0 Å². The van der Waals surface area contributed by atoms with Gasteiger partial charge in [-0.15, -0.1) is 0 Å². The molecule has 1 atom stereocenters. The van der Waals surface area contributed by atoms with Crippen molar-refractivity contribution in [1.29, 1.82) is 0 Å². The summed E-state index contributed by atoms with van der Waals surface area (Å²) in [6.07, 6.45) is -0.985. The lowest BCUT2D eigenvalue weighted by Gasteiger charge is -2.17. The van der Waals surface area contributed by atoms with Gasteiger partial charge in [0.1, 0.15) is 5.75 Å². The van der Waals surface area contributed by atoms with Crippen LogP contribution in [0.5, 0.6) is 5.75 Å². The number of benzene rings is 2. The third kappa shape index (κ3) is 4.09. The fraction of sp³-hybridized carbons (Fsp3) is 0.176. The molecule has 0 aliphatic carbocycles. The van der Waals surface area contributed by atoms with Crippen molar-refractivity contribution in [3.8, 4) is 5.75 Å². The molecule has 2 aromatic carbocycles. The number of carbonyl (C=O) groups is 2. The molecule has 2 aromatic rings. The monoisotopic (exact) mass is 299 g/mol. The van der Waals surface area contributed by atoms with Crippen molar-refractivity contribution < 1.29 is 19.1 Å². The van der Waals surface area contributed by atoms with Crippen LogP contribution in [0.2, 0.25) is 0 Å². The number of ether oxygens (including phenoxy) is 2. The lowest BCUT2D eigenvalue weighted by Crippen LogP contribution is -2.25. The zero-order chi connectivity index (χ0) is 15.9. The highest BCUT2D eigenvalue weighted by atomic mass is 16.5. The van der Waals surface area contributed by atoms with E-state index in [0.29, 0.717) is 17.0 Å². The Kier molecular flexibility index (Phi) is 5.14. The zero-order valence-electron chi connectivity index (χ0n) is 12.4. The Morgan fingerprint density at radius 1 is 1.00 bits per heavy atom. The third-order valence-electron chi connectivity index (χ3n) is 2.98. The van der Waals surface area contributed by atoms with Crippen LogP contribution < -0.4 is 10.1 Å². The second-order valence-electron chi connectivity index (χ2n) is 4.62. The van der Waals surface area contributed by atoms with Crippen molar-refractivity contribution in [3.63, 3.8) is 0 Å². The summed E-state index contributed by atoms with van der Waals surface area (Å²) in [4.78, 5) is 23.6. The van der Waals surface area contributed by atoms with Gasteiger partial charge in [0.15, 0.2) is 0 Å². The maximum atomic E-state index is 12.4. The summed E-state index contributed by atoms with van der Waals surface area (Å²) >= 11 is 0. The van der Waals surface area contributed by atoms with E-state index >= 15 is 0 Å². The summed E-state index contributed by atoms with van der Waals surface area (Å²) in [5.41, 5.74) is 1.21. The number of nitrogens with one attached hydrogen (secondary N) is 1. The van der Waals surface area contributed by atoms with E-state index in [2.05, 4.69) is 5.32 Å². The lowest BCUT2D eigenvalue weighted by molar-refractivity contribution is -0.152. The first-order chi connectivity index (χ1) is 10.6. The number of anilines is 1. The third-order valence-corrected chi connectivity index (χ3v) is 2.98. The van der Waals surface area contributed by atoms with Crippen LogP contribution in [0.15, 0.2) is 54.6 Å². The molecular formula is C17H17NO4. The highest BCUT2D eigenvalue weighted by Crippen LogP contribution is 2.21. The van der Waals surface area contributed by atoms with Crippen molar-refractivity contribution in [1.82, 2.24) is 0 Å². The minimum Gasteiger partial charge on any atom is -0.497 e. The standard InChI is InChI=1S/C17H17NO4/c1-12(19)22-16(13-6-4-3-5-7-13)17(20)18-14-8-10-15(21-2)11-9-14/h3-11,16H,1-2H3,(H,18,20)/t16-/m1/s1. The molecule has 1 N–H and O–H groups in total. The van der Waals surface area contributed by atoms with Crippen LogP contribution in [-0.2, 0) is 14.3 Å². The van der Waals surface area contributed by atoms with Gasteiger partial charge in [0, 0.05) is 18.2 Å². The highest BCUT2D eigenvalue weighted by Gasteiger charge is 2.23. The molecule has 0 aliphatic rings. The number of methoxy groups -OCH3 is 1. The minimum atomic E-state index is -0.985. The van der Waals surface area contributed by atoms with Crippen molar-refractivity contribution in [2.24, 2.45) is 0 Å². The fourth-order valence-electron chi connectivity index (χ4n) is 1.95. The predicted molar refractivity (Wildman–Crippen MR) is 82.6 cm³/mol. The Labute approximate surface area is 128 Å². The van der Waals surface area contributed by atoms with Crippen molar-refractivity contribution in [2.45, 2.75) is 13.0 Å². The van der Waals surface area contributed by atoms with E-state index in [1.165, 1.54) is 6.92 Å². The molecule has 0 aromatic heterocycles. The van der Waals surface area contributed by atoms with Crippen molar-refractivity contribution in [2.75, 3.05) is 12.4 Å². The van der Waals surface area contributed by atoms with E-state index in [4.69, 9.17) is 9.47 Å². The smallest absolute Gasteiger partial charge is 0.303 e. The molecule has 22 heavy (non-hydrogen) atoms. The second-order valence-corrected chi connectivity index (χ2v) is 4.62. The number of rotatable bonds is 5. The van der Waals surface area contributed by atoms with Gasteiger partial charge in [-0.05, 0) is 24.3 Å². The molecule has 1 amide bonds. The number of carbonyl (C=O) groups excluding carboxylic acids is 2. The van der Waals surface area contributed by atoms with Crippen LogP contribution >= 0.6 is 0 Å². The summed E-state index contributed by atoms with van der Waals surface area (Å²) < 4.78 is 10.2. The van der Waals surface area contributed by atoms with Crippen LogP contribution in [0.4, 0.5) is 5.69 Å². The van der Waals surface area contributed by atoms with E-state index in [1.807, 2.05) is 6.07 Å². The van der Waals surface area contributed by atoms with Crippen molar-refractivity contribution in [3.05, 3.63) is 60.2 Å². The summed E-state index contributed by atoms with van der Waals surface area (Å²) in [5, 5.41) is 2.73. The van der Waals surface area contributed by atoms with Crippen LogP contribution in [0.1, 0.15) is 18.6 Å². The lowest BCUT2D eigenvalue weighted by atomic mass is 10.1. The van der Waals surface area contributed by atoms with Crippen LogP contribution in [0.25, 0.3) is 0 Å². The van der Waals surface area contributed by atoms with Gasteiger partial charge < -0.3 is 14.8 Å². The Balaban J connectivity index is 2.16. The number of hydrogen-bond acceptors (Lipinski definition) is 4. The SMILES string of the molecule is COc1ccc(NC(=O)[C@H](OC(C)=O)c2ccccc2)cc1. The van der Waals surface area contributed by atoms with Gasteiger partial charge >= 0.3 is 5.97 Å². The molecule has 0 heterocycles. The van der Waals surface area contributed by atoms with Crippen LogP contribution in [-0.4, -0.2) is 19.0 Å². The molecule has 5 heteroatoms. The van der Waals surface area contributed by atoms with Crippen LogP contribution in [0, 0.1) is 0 Å². The zero-order valence-corrected chi connectivity index (χ0v) is 12.4. The molecule has 0 unspecified atom stereocenters. The molecule has 0 aliphatic heterocycles. The Morgan fingerprint density at radius 3 is 2.18 bits per heavy atom. The fourth-order valence-corrected chi connectivity index (χ4v) is 1.95. The first kappa shape index (κ1) is 15.6. The summed E-state index contributed by atoms with van der Waals surface area (Å²) in [6.45, 7) is 1.27. The Hall–Kier alpha value is -2.82. The van der Waals surface area contributed by atoms with Gasteiger partial charge in [0.05, 0.1) is 7.11 Å². The molecular weight excluding hydrogens is 282 g/mol. The quantitative estimate of drug-likeness (QED) is 0.862. The second kappa shape index (κ2) is 7.26. The summed E-state index contributed by atoms with van der Waals surface area (Å²) in [5.74, 6) is -0.233. The van der Waals surface area contributed by atoms with E-state index in [0.717, 1.165) is 0 Å². The summed E-state index contributed by atoms with van der Waals surface area (Å²) in [6, 6.07) is 15.8. The van der Waals surface area contributed by atoms with Gasteiger partial charge in [-0.1, -0.05) is 30.3 Å². The van der Waals surface area contributed by atoms with Gasteiger partial charge in [-0.25, -0.2) is 0 Å². The molecule has 5 nitrogen and oxygen atoms in total. The van der Waals surface area contributed by atoms with Crippen molar-refractivity contribution >= 4 is 17.6 Å². The molecule has 2 rings (SSSR count). The highest BCUT2D eigenvalue weighted by molar-refractivity contribution is 5.96. The largest absolute Gasteiger partial charge is 0.497 e. The van der Waals surface area contributed by atoms with E-state index < -0.39 is 18.0 Å². The Morgan fingerprint density at radius 2 is 1.64 bits per heavy atom.